The van der Waals surface area contributed by atoms with E-state index in [1.54, 1.807) is 0 Å². The summed E-state index contributed by atoms with van der Waals surface area (Å²) >= 11 is 0. The van der Waals surface area contributed by atoms with Gasteiger partial charge in [-0.1, -0.05) is 18.6 Å². The summed E-state index contributed by atoms with van der Waals surface area (Å²) in [6.07, 6.45) is 5.07. The highest BCUT2D eigenvalue weighted by atomic mass is 16.7. The monoisotopic (exact) mass is 249 g/mol. The number of hydrogen-bond donors (Lipinski definition) is 0. The first-order chi connectivity index (χ1) is 8.58. The Labute approximate surface area is 109 Å². The quantitative estimate of drug-likeness (QED) is 0.719. The van der Waals surface area contributed by atoms with Crippen LogP contribution in [0.15, 0.2) is 23.5 Å². The molecule has 1 atom stereocenters. The molecule has 1 saturated heterocycles. The van der Waals surface area contributed by atoms with Gasteiger partial charge in [0.2, 0.25) is 0 Å². The average Bonchev–Trinajstić information content (AvgIpc) is 2.35. The van der Waals surface area contributed by atoms with Crippen molar-refractivity contribution in [2.45, 2.75) is 46.0 Å². The summed E-state index contributed by atoms with van der Waals surface area (Å²) in [5.41, 5.74) is 1.88. The maximum absolute atomic E-state index is 12.0. The number of carbonyl (C=O) groups is 1. The second-order valence-electron chi connectivity index (χ2n) is 5.50. The van der Waals surface area contributed by atoms with E-state index in [0.717, 1.165) is 36.4 Å². The SMILES string of the molecule is C=C(C)C1CC(=O)C(C)=C(ON2CCCCC2)C1. The molecule has 3 heteroatoms. The number of nitrogens with zero attached hydrogens (tertiary/aromatic N) is 1. The Morgan fingerprint density at radius 1 is 1.28 bits per heavy atom. The lowest BCUT2D eigenvalue weighted by Crippen LogP contribution is -2.32. The first-order valence-corrected chi connectivity index (χ1v) is 6.89. The molecule has 100 valence electrons. The number of hydrogen-bond acceptors (Lipinski definition) is 3. The van der Waals surface area contributed by atoms with Gasteiger partial charge in [-0.15, -0.1) is 5.06 Å². The number of ketones is 1. The molecule has 0 bridgehead atoms. The van der Waals surface area contributed by atoms with Crippen LogP contribution in [0.25, 0.3) is 0 Å². The van der Waals surface area contributed by atoms with Crippen molar-refractivity contribution in [3.8, 4) is 0 Å². The lowest BCUT2D eigenvalue weighted by atomic mass is 9.84. The minimum absolute atomic E-state index is 0.209. The van der Waals surface area contributed by atoms with E-state index < -0.39 is 0 Å². The van der Waals surface area contributed by atoms with Crippen molar-refractivity contribution in [2.75, 3.05) is 13.1 Å². The number of piperidine rings is 1. The topological polar surface area (TPSA) is 29.5 Å². The average molecular weight is 249 g/mol. The highest BCUT2D eigenvalue weighted by molar-refractivity contribution is 5.96. The van der Waals surface area contributed by atoms with Gasteiger partial charge in [0.1, 0.15) is 5.76 Å². The van der Waals surface area contributed by atoms with Gasteiger partial charge in [-0.05, 0) is 32.6 Å². The van der Waals surface area contributed by atoms with Crippen LogP contribution in [0.5, 0.6) is 0 Å². The van der Waals surface area contributed by atoms with E-state index in [0.29, 0.717) is 6.42 Å². The molecule has 1 unspecified atom stereocenters. The number of rotatable bonds is 3. The zero-order chi connectivity index (χ0) is 13.1. The summed E-state index contributed by atoms with van der Waals surface area (Å²) in [4.78, 5) is 17.9. The van der Waals surface area contributed by atoms with Crippen LogP contribution in [0.2, 0.25) is 0 Å². The third-order valence-corrected chi connectivity index (χ3v) is 3.95. The lowest BCUT2D eigenvalue weighted by Gasteiger charge is -2.31. The lowest BCUT2D eigenvalue weighted by molar-refractivity contribution is -0.140. The van der Waals surface area contributed by atoms with Crippen molar-refractivity contribution in [3.05, 3.63) is 23.5 Å². The van der Waals surface area contributed by atoms with E-state index in [1.165, 1.54) is 19.3 Å². The Kier molecular flexibility index (Phi) is 4.23. The van der Waals surface area contributed by atoms with Gasteiger partial charge in [-0.2, -0.15) is 0 Å². The van der Waals surface area contributed by atoms with Gasteiger partial charge in [0.25, 0.3) is 0 Å². The maximum atomic E-state index is 12.0. The first kappa shape index (κ1) is 13.3. The fourth-order valence-corrected chi connectivity index (χ4v) is 2.55. The number of hydroxylamine groups is 2. The third-order valence-electron chi connectivity index (χ3n) is 3.95. The van der Waals surface area contributed by atoms with Crippen molar-refractivity contribution in [1.82, 2.24) is 5.06 Å². The summed E-state index contributed by atoms with van der Waals surface area (Å²) in [5.74, 6) is 1.32. The van der Waals surface area contributed by atoms with Gasteiger partial charge in [-0.3, -0.25) is 4.79 Å². The second-order valence-corrected chi connectivity index (χ2v) is 5.50. The molecule has 0 radical (unpaired) electrons. The van der Waals surface area contributed by atoms with E-state index in [-0.39, 0.29) is 11.7 Å². The number of allylic oxidation sites excluding steroid dienone is 3. The zero-order valence-electron chi connectivity index (χ0n) is 11.5. The molecule has 0 amide bonds. The molecule has 1 aliphatic carbocycles. The Bertz CT molecular complexity index is 378. The molecular weight excluding hydrogens is 226 g/mol. The summed E-state index contributed by atoms with van der Waals surface area (Å²) in [6, 6.07) is 0. The molecule has 18 heavy (non-hydrogen) atoms. The summed E-state index contributed by atoms with van der Waals surface area (Å²) in [6.45, 7) is 9.81. The van der Waals surface area contributed by atoms with Gasteiger partial charge < -0.3 is 4.84 Å². The molecule has 1 aliphatic heterocycles. The molecule has 1 heterocycles. The van der Waals surface area contributed by atoms with E-state index in [2.05, 4.69) is 6.58 Å². The Morgan fingerprint density at radius 2 is 1.94 bits per heavy atom. The summed E-state index contributed by atoms with van der Waals surface area (Å²) < 4.78 is 0. The van der Waals surface area contributed by atoms with Crippen molar-refractivity contribution in [3.63, 3.8) is 0 Å². The molecule has 0 saturated carbocycles. The minimum Gasteiger partial charge on any atom is -0.410 e. The van der Waals surface area contributed by atoms with Crippen LogP contribution in [0.1, 0.15) is 46.0 Å². The van der Waals surface area contributed by atoms with Gasteiger partial charge in [0.15, 0.2) is 5.78 Å². The second kappa shape index (κ2) is 5.70. The van der Waals surface area contributed by atoms with Crippen LogP contribution in [-0.2, 0) is 9.63 Å². The van der Waals surface area contributed by atoms with Crippen molar-refractivity contribution in [1.29, 1.82) is 0 Å². The zero-order valence-corrected chi connectivity index (χ0v) is 11.5. The van der Waals surface area contributed by atoms with Crippen LogP contribution < -0.4 is 0 Å². The molecule has 3 nitrogen and oxygen atoms in total. The first-order valence-electron chi connectivity index (χ1n) is 6.89. The maximum Gasteiger partial charge on any atom is 0.162 e. The molecule has 0 aromatic heterocycles. The molecule has 1 fully saturated rings. The molecule has 0 aromatic carbocycles. The van der Waals surface area contributed by atoms with Gasteiger partial charge in [-0.25, -0.2) is 0 Å². The summed E-state index contributed by atoms with van der Waals surface area (Å²) in [7, 11) is 0. The van der Waals surface area contributed by atoms with E-state index in [4.69, 9.17) is 4.84 Å². The van der Waals surface area contributed by atoms with Crippen molar-refractivity contribution >= 4 is 5.78 Å². The minimum atomic E-state index is 0.209. The number of Topliss-reactive ketones (excluding diaryl/α,β-unsaturated/α-hetero) is 1. The molecule has 0 N–H and O–H groups in total. The fourth-order valence-electron chi connectivity index (χ4n) is 2.55. The van der Waals surface area contributed by atoms with E-state index in [1.807, 2.05) is 18.9 Å². The fraction of sp³-hybridized carbons (Fsp3) is 0.667. The molecular formula is C15H23NO2. The van der Waals surface area contributed by atoms with Gasteiger partial charge in [0.05, 0.1) is 0 Å². The van der Waals surface area contributed by atoms with Crippen molar-refractivity contribution in [2.24, 2.45) is 5.92 Å². The van der Waals surface area contributed by atoms with Crippen LogP contribution in [0.3, 0.4) is 0 Å². The Morgan fingerprint density at radius 3 is 2.56 bits per heavy atom. The predicted molar refractivity (Wildman–Crippen MR) is 71.8 cm³/mol. The third kappa shape index (κ3) is 3.02. The van der Waals surface area contributed by atoms with Crippen molar-refractivity contribution < 1.29 is 9.63 Å². The van der Waals surface area contributed by atoms with Crippen LogP contribution in [0, 0.1) is 5.92 Å². The highest BCUT2D eigenvalue weighted by Crippen LogP contribution is 2.32. The van der Waals surface area contributed by atoms with Gasteiger partial charge >= 0.3 is 0 Å². The Hall–Kier alpha value is -1.09. The predicted octanol–water partition coefficient (Wildman–Crippen LogP) is 3.23. The van der Waals surface area contributed by atoms with Crippen LogP contribution in [-0.4, -0.2) is 23.9 Å². The summed E-state index contributed by atoms with van der Waals surface area (Å²) in [5, 5.41) is 2.01. The highest BCUT2D eigenvalue weighted by Gasteiger charge is 2.28. The van der Waals surface area contributed by atoms with Crippen LogP contribution >= 0.6 is 0 Å². The largest absolute Gasteiger partial charge is 0.410 e. The van der Waals surface area contributed by atoms with Gasteiger partial charge in [0, 0.05) is 31.5 Å². The molecule has 0 aromatic rings. The van der Waals surface area contributed by atoms with Crippen LogP contribution in [0.4, 0.5) is 0 Å². The number of carbonyl (C=O) groups excluding carboxylic acids is 1. The standard InChI is InChI=1S/C15H23NO2/c1-11(2)13-9-14(17)12(3)15(10-13)18-16-7-5-4-6-8-16/h13H,1,4-10H2,2-3H3. The normalized spacial score (nSPS) is 26.3. The Balaban J connectivity index is 2.06. The van der Waals surface area contributed by atoms with E-state index >= 15 is 0 Å². The molecule has 2 rings (SSSR count). The molecule has 2 aliphatic rings. The molecule has 0 spiro atoms. The van der Waals surface area contributed by atoms with E-state index in [9.17, 15) is 4.79 Å². The smallest absolute Gasteiger partial charge is 0.162 e.